The van der Waals surface area contributed by atoms with Crippen LogP contribution in [0, 0.1) is 0 Å². The molecule has 1 fully saturated rings. The molecule has 0 aliphatic carbocycles. The van der Waals surface area contributed by atoms with Gasteiger partial charge in [-0.25, -0.2) is 0 Å². The molecule has 0 aromatic rings. The predicted molar refractivity (Wildman–Crippen MR) is 255 cm³/mol. The van der Waals surface area contributed by atoms with Crippen molar-refractivity contribution in [1.29, 1.82) is 0 Å². The van der Waals surface area contributed by atoms with Crippen LogP contribution in [0.25, 0.3) is 0 Å². The van der Waals surface area contributed by atoms with Crippen LogP contribution in [0.1, 0.15) is 264 Å². The molecule has 1 heterocycles. The summed E-state index contributed by atoms with van der Waals surface area (Å²) in [6, 6.07) is -0.888. The molecular formula is C52H103NO9. The first-order valence-corrected chi connectivity index (χ1v) is 26.8. The Balaban J connectivity index is 2.23. The van der Waals surface area contributed by atoms with Gasteiger partial charge in [0, 0.05) is 0 Å². The normalized spacial score (nSPS) is 20.7. The molecule has 8 atom stereocenters. The topological polar surface area (TPSA) is 169 Å². The lowest BCUT2D eigenvalue weighted by Gasteiger charge is -2.40. The molecule has 0 aromatic carbocycles. The molecule has 62 heavy (non-hydrogen) atoms. The summed E-state index contributed by atoms with van der Waals surface area (Å²) >= 11 is 0. The maximum atomic E-state index is 13.1. The van der Waals surface area contributed by atoms with E-state index < -0.39 is 61.5 Å². The number of carbonyl (C=O) groups is 1. The highest BCUT2D eigenvalue weighted by Crippen LogP contribution is 2.23. The molecule has 0 aromatic heterocycles. The number of unbranched alkanes of at least 4 members (excludes halogenated alkanes) is 35. The van der Waals surface area contributed by atoms with Crippen molar-refractivity contribution < 1.29 is 44.9 Å². The van der Waals surface area contributed by atoms with Crippen LogP contribution in [0.15, 0.2) is 0 Å². The van der Waals surface area contributed by atoms with E-state index in [1.54, 1.807) is 0 Å². The first-order valence-electron chi connectivity index (χ1n) is 26.8. The molecule has 8 unspecified atom stereocenters. The van der Waals surface area contributed by atoms with Crippen LogP contribution in [-0.2, 0) is 14.3 Å². The number of nitrogens with one attached hydrogen (secondary N) is 1. The van der Waals surface area contributed by atoms with E-state index in [0.29, 0.717) is 12.8 Å². The fourth-order valence-electron chi connectivity index (χ4n) is 8.93. The van der Waals surface area contributed by atoms with Crippen molar-refractivity contribution >= 4 is 5.91 Å². The summed E-state index contributed by atoms with van der Waals surface area (Å²) in [5.74, 6) is -0.578. The third kappa shape index (κ3) is 31.9. The molecule has 10 nitrogen and oxygen atoms in total. The fourth-order valence-corrected chi connectivity index (χ4v) is 8.93. The monoisotopic (exact) mass is 886 g/mol. The number of ether oxygens (including phenoxy) is 2. The average Bonchev–Trinajstić information content (AvgIpc) is 3.27. The van der Waals surface area contributed by atoms with Crippen molar-refractivity contribution in [3.63, 3.8) is 0 Å². The van der Waals surface area contributed by atoms with E-state index in [0.717, 1.165) is 44.9 Å². The summed E-state index contributed by atoms with van der Waals surface area (Å²) < 4.78 is 11.2. The van der Waals surface area contributed by atoms with Crippen molar-refractivity contribution in [3.05, 3.63) is 0 Å². The Labute approximate surface area is 381 Å². The summed E-state index contributed by atoms with van der Waals surface area (Å²) in [5.41, 5.74) is 0. The van der Waals surface area contributed by atoms with Gasteiger partial charge < -0.3 is 45.4 Å². The van der Waals surface area contributed by atoms with E-state index in [4.69, 9.17) is 9.47 Å². The third-order valence-corrected chi connectivity index (χ3v) is 13.3. The highest BCUT2D eigenvalue weighted by Gasteiger charge is 2.44. The first-order chi connectivity index (χ1) is 30.3. The Morgan fingerprint density at radius 2 is 0.806 bits per heavy atom. The maximum absolute atomic E-state index is 13.1. The van der Waals surface area contributed by atoms with Crippen LogP contribution < -0.4 is 5.32 Å². The average molecular weight is 886 g/mol. The molecule has 370 valence electrons. The largest absolute Gasteiger partial charge is 0.394 e. The van der Waals surface area contributed by atoms with E-state index in [1.165, 1.54) is 193 Å². The van der Waals surface area contributed by atoms with Crippen LogP contribution in [0.5, 0.6) is 0 Å². The number of aliphatic hydroxyl groups excluding tert-OH is 6. The number of hydrogen-bond acceptors (Lipinski definition) is 9. The SMILES string of the molecule is CCCCCCCCCCCCCCCCCCCCCCCCCCC(O)C(=O)NC(COC1OC(CO)C(O)C(O)C1O)C(O)CCCCCCCCCCCCCCC. The van der Waals surface area contributed by atoms with Gasteiger partial charge in [-0.1, -0.05) is 251 Å². The third-order valence-electron chi connectivity index (χ3n) is 13.3. The van der Waals surface area contributed by atoms with Gasteiger partial charge in [0.2, 0.25) is 5.91 Å². The van der Waals surface area contributed by atoms with Crippen molar-refractivity contribution in [3.8, 4) is 0 Å². The molecule has 0 radical (unpaired) electrons. The molecule has 10 heteroatoms. The van der Waals surface area contributed by atoms with Gasteiger partial charge in [-0.2, -0.15) is 0 Å². The number of carbonyl (C=O) groups excluding carboxylic acids is 1. The van der Waals surface area contributed by atoms with Crippen LogP contribution in [0.4, 0.5) is 0 Å². The molecule has 1 rings (SSSR count). The van der Waals surface area contributed by atoms with Gasteiger partial charge in [0.1, 0.15) is 30.5 Å². The predicted octanol–water partition coefficient (Wildman–Crippen LogP) is 11.3. The van der Waals surface area contributed by atoms with Gasteiger partial charge in [-0.3, -0.25) is 4.79 Å². The lowest BCUT2D eigenvalue weighted by Crippen LogP contribution is -2.60. The van der Waals surface area contributed by atoms with Gasteiger partial charge in [-0.05, 0) is 12.8 Å². The Kier molecular flexibility index (Phi) is 40.8. The number of rotatable bonds is 46. The zero-order valence-corrected chi connectivity index (χ0v) is 40.5. The minimum Gasteiger partial charge on any atom is -0.394 e. The van der Waals surface area contributed by atoms with Gasteiger partial charge in [-0.15, -0.1) is 0 Å². The fraction of sp³-hybridized carbons (Fsp3) is 0.981. The van der Waals surface area contributed by atoms with Crippen molar-refractivity contribution in [2.24, 2.45) is 0 Å². The number of amides is 1. The van der Waals surface area contributed by atoms with Crippen LogP contribution in [0.2, 0.25) is 0 Å². The van der Waals surface area contributed by atoms with Crippen molar-refractivity contribution in [2.45, 2.75) is 313 Å². The zero-order chi connectivity index (χ0) is 45.3. The lowest BCUT2D eigenvalue weighted by atomic mass is 9.99. The molecule has 1 aliphatic rings. The summed E-state index contributed by atoms with van der Waals surface area (Å²) in [7, 11) is 0. The maximum Gasteiger partial charge on any atom is 0.249 e. The van der Waals surface area contributed by atoms with Crippen molar-refractivity contribution in [1.82, 2.24) is 5.32 Å². The number of hydrogen-bond donors (Lipinski definition) is 7. The van der Waals surface area contributed by atoms with Gasteiger partial charge in [0.25, 0.3) is 0 Å². The van der Waals surface area contributed by atoms with Crippen LogP contribution >= 0.6 is 0 Å². The molecule has 1 saturated heterocycles. The van der Waals surface area contributed by atoms with Gasteiger partial charge in [0.05, 0.1) is 25.4 Å². The molecule has 0 spiro atoms. The highest BCUT2D eigenvalue weighted by atomic mass is 16.7. The molecule has 1 amide bonds. The van der Waals surface area contributed by atoms with E-state index >= 15 is 0 Å². The van der Waals surface area contributed by atoms with Crippen molar-refractivity contribution in [2.75, 3.05) is 13.2 Å². The Hall–Kier alpha value is -0.850. The first kappa shape index (κ1) is 59.2. The minimum atomic E-state index is -1.59. The van der Waals surface area contributed by atoms with E-state index in [9.17, 15) is 35.4 Å². The minimum absolute atomic E-state index is 0.250. The zero-order valence-electron chi connectivity index (χ0n) is 40.5. The smallest absolute Gasteiger partial charge is 0.249 e. The summed E-state index contributed by atoms with van der Waals surface area (Å²) in [4.78, 5) is 13.1. The van der Waals surface area contributed by atoms with Gasteiger partial charge in [0.15, 0.2) is 6.29 Å². The summed E-state index contributed by atoms with van der Waals surface area (Å²) in [6.45, 7) is 3.70. The van der Waals surface area contributed by atoms with Crippen LogP contribution in [0.3, 0.4) is 0 Å². The summed E-state index contributed by atoms with van der Waals surface area (Å²) in [5, 5.41) is 65.0. The molecule has 0 bridgehead atoms. The standard InChI is InChI=1S/C52H103NO9/c1-3-5-7-9-11-13-15-17-18-19-20-21-22-23-24-25-26-27-29-31-33-35-37-39-41-46(56)51(60)53-44(43-61-52-50(59)49(58)48(57)47(42-54)62-52)45(55)40-38-36-34-32-30-28-16-14-12-10-8-6-4-2/h44-50,52,54-59H,3-43H2,1-2H3,(H,53,60). The van der Waals surface area contributed by atoms with Crippen LogP contribution in [-0.4, -0.2) is 98.7 Å². The molecular weight excluding hydrogens is 783 g/mol. The van der Waals surface area contributed by atoms with E-state index in [2.05, 4.69) is 19.2 Å². The second-order valence-corrected chi connectivity index (χ2v) is 19.2. The Bertz CT molecular complexity index is 957. The lowest BCUT2D eigenvalue weighted by molar-refractivity contribution is -0.302. The Morgan fingerprint density at radius 3 is 1.15 bits per heavy atom. The summed E-state index contributed by atoms with van der Waals surface area (Å²) in [6.07, 6.45) is 38.8. The molecule has 0 saturated carbocycles. The quantitative estimate of drug-likeness (QED) is 0.0294. The second-order valence-electron chi connectivity index (χ2n) is 19.2. The van der Waals surface area contributed by atoms with Gasteiger partial charge >= 0.3 is 0 Å². The number of aliphatic hydroxyl groups is 6. The second kappa shape index (κ2) is 42.8. The van der Waals surface area contributed by atoms with E-state index in [1.807, 2.05) is 0 Å². The van der Waals surface area contributed by atoms with E-state index in [-0.39, 0.29) is 6.61 Å². The molecule has 1 aliphatic heterocycles. The Morgan fingerprint density at radius 1 is 0.484 bits per heavy atom. The molecule has 7 N–H and O–H groups in total. The highest BCUT2D eigenvalue weighted by molar-refractivity contribution is 5.80.